The molecule has 0 fully saturated rings. The minimum atomic E-state index is -0.275. The Bertz CT molecular complexity index is 1050. The third-order valence-corrected chi connectivity index (χ3v) is 4.40. The molecule has 3 aromatic rings. The molecule has 1 aliphatic heterocycles. The van der Waals surface area contributed by atoms with E-state index in [4.69, 9.17) is 32.5 Å². The molecule has 27 heavy (non-hydrogen) atoms. The second-order valence-corrected chi connectivity index (χ2v) is 6.72. The predicted octanol–water partition coefficient (Wildman–Crippen LogP) is 4.14. The van der Waals surface area contributed by atoms with Crippen LogP contribution in [0.2, 0.25) is 10.0 Å². The number of amides is 1. The van der Waals surface area contributed by atoms with E-state index in [0.29, 0.717) is 33.1 Å². The van der Waals surface area contributed by atoms with Crippen molar-refractivity contribution in [2.45, 2.75) is 6.54 Å². The van der Waals surface area contributed by atoms with Crippen LogP contribution in [0, 0.1) is 0 Å². The van der Waals surface area contributed by atoms with Gasteiger partial charge < -0.3 is 14.6 Å². The Morgan fingerprint density at radius 3 is 2.85 bits per heavy atom. The highest BCUT2D eigenvalue weighted by Crippen LogP contribution is 2.29. The van der Waals surface area contributed by atoms with Gasteiger partial charge in [-0.1, -0.05) is 40.5 Å². The maximum absolute atomic E-state index is 12.4. The van der Waals surface area contributed by atoms with E-state index < -0.39 is 0 Å². The quantitative estimate of drug-likeness (QED) is 0.710. The SMILES string of the molecule is O=C(NCc1nc(-c2cccc(Cl)c2)no1)C1=Cc2cc(Cl)ccc2OC1. The molecule has 0 atom stereocenters. The molecule has 2 heterocycles. The standard InChI is InChI=1S/C19H13Cl2N3O3/c20-14-3-1-2-11(7-14)18-23-17(27-24-18)9-22-19(25)13-6-12-8-15(21)4-5-16(12)26-10-13/h1-8H,9-10H2,(H,22,25). The normalized spacial score (nSPS) is 12.7. The van der Waals surface area contributed by atoms with Gasteiger partial charge in [0.2, 0.25) is 11.7 Å². The number of carbonyl (C=O) groups excluding carboxylic acids is 1. The molecule has 1 aromatic heterocycles. The summed E-state index contributed by atoms with van der Waals surface area (Å²) in [7, 11) is 0. The van der Waals surface area contributed by atoms with Crippen LogP contribution in [0.25, 0.3) is 17.5 Å². The van der Waals surface area contributed by atoms with Gasteiger partial charge in [0.05, 0.1) is 12.1 Å². The topological polar surface area (TPSA) is 77.3 Å². The van der Waals surface area contributed by atoms with Gasteiger partial charge in [-0.3, -0.25) is 4.79 Å². The van der Waals surface area contributed by atoms with E-state index in [1.54, 1.807) is 42.5 Å². The van der Waals surface area contributed by atoms with Gasteiger partial charge in [-0.05, 0) is 36.4 Å². The van der Waals surface area contributed by atoms with Crippen LogP contribution in [0.4, 0.5) is 0 Å². The molecule has 0 aliphatic carbocycles. The average molecular weight is 402 g/mol. The number of hydrogen-bond acceptors (Lipinski definition) is 5. The number of benzene rings is 2. The fraction of sp³-hybridized carbons (Fsp3) is 0.105. The molecule has 0 saturated heterocycles. The second-order valence-electron chi connectivity index (χ2n) is 5.85. The van der Waals surface area contributed by atoms with Gasteiger partial charge in [0.1, 0.15) is 12.4 Å². The van der Waals surface area contributed by atoms with Crippen LogP contribution in [-0.4, -0.2) is 22.7 Å². The van der Waals surface area contributed by atoms with E-state index in [0.717, 1.165) is 11.1 Å². The summed E-state index contributed by atoms with van der Waals surface area (Å²) in [6.45, 7) is 0.282. The van der Waals surface area contributed by atoms with Crippen molar-refractivity contribution in [1.82, 2.24) is 15.5 Å². The van der Waals surface area contributed by atoms with E-state index in [9.17, 15) is 4.79 Å². The van der Waals surface area contributed by atoms with Crippen molar-refractivity contribution in [1.29, 1.82) is 0 Å². The monoisotopic (exact) mass is 401 g/mol. The predicted molar refractivity (Wildman–Crippen MR) is 102 cm³/mol. The number of rotatable bonds is 4. The lowest BCUT2D eigenvalue weighted by atomic mass is 10.1. The van der Waals surface area contributed by atoms with Crippen LogP contribution in [0.3, 0.4) is 0 Å². The van der Waals surface area contributed by atoms with Gasteiger partial charge in [-0.2, -0.15) is 4.98 Å². The van der Waals surface area contributed by atoms with Crippen LogP contribution in [0.1, 0.15) is 11.5 Å². The molecule has 0 saturated carbocycles. The van der Waals surface area contributed by atoms with Crippen molar-refractivity contribution < 1.29 is 14.1 Å². The Balaban J connectivity index is 1.43. The number of carbonyl (C=O) groups is 1. The van der Waals surface area contributed by atoms with E-state index in [2.05, 4.69) is 15.5 Å². The van der Waals surface area contributed by atoms with Crippen LogP contribution in [0.5, 0.6) is 5.75 Å². The van der Waals surface area contributed by atoms with Crippen molar-refractivity contribution >= 4 is 35.2 Å². The average Bonchev–Trinajstić information content (AvgIpc) is 3.14. The van der Waals surface area contributed by atoms with E-state index in [1.165, 1.54) is 0 Å². The van der Waals surface area contributed by atoms with Gasteiger partial charge >= 0.3 is 0 Å². The van der Waals surface area contributed by atoms with E-state index in [1.807, 2.05) is 6.07 Å². The van der Waals surface area contributed by atoms with Crippen molar-refractivity contribution in [3.63, 3.8) is 0 Å². The van der Waals surface area contributed by atoms with Gasteiger partial charge in [-0.15, -0.1) is 0 Å². The van der Waals surface area contributed by atoms with Crippen molar-refractivity contribution in [3.8, 4) is 17.1 Å². The van der Waals surface area contributed by atoms with E-state index >= 15 is 0 Å². The number of nitrogens with zero attached hydrogens (tertiary/aromatic N) is 2. The summed E-state index contributed by atoms with van der Waals surface area (Å²) < 4.78 is 10.8. The molecule has 0 unspecified atom stereocenters. The Hall–Kier alpha value is -2.83. The van der Waals surface area contributed by atoms with Gasteiger partial charge in [0.15, 0.2) is 0 Å². The lowest BCUT2D eigenvalue weighted by molar-refractivity contribution is -0.118. The molecule has 1 amide bonds. The second kappa shape index (κ2) is 7.42. The smallest absolute Gasteiger partial charge is 0.251 e. The zero-order chi connectivity index (χ0) is 18.8. The minimum absolute atomic E-state index is 0.103. The van der Waals surface area contributed by atoms with Crippen molar-refractivity contribution in [2.75, 3.05) is 6.61 Å². The Kier molecular flexibility index (Phi) is 4.83. The zero-order valence-corrected chi connectivity index (χ0v) is 15.4. The first-order chi connectivity index (χ1) is 13.1. The van der Waals surface area contributed by atoms with Crippen LogP contribution in [0.15, 0.2) is 52.6 Å². The van der Waals surface area contributed by atoms with Crippen LogP contribution in [-0.2, 0) is 11.3 Å². The lowest BCUT2D eigenvalue weighted by Crippen LogP contribution is -2.28. The Morgan fingerprint density at radius 2 is 2.00 bits per heavy atom. The molecule has 0 radical (unpaired) electrons. The maximum Gasteiger partial charge on any atom is 0.251 e. The third kappa shape index (κ3) is 3.97. The molecule has 0 bridgehead atoms. The molecule has 0 spiro atoms. The molecular weight excluding hydrogens is 389 g/mol. The highest BCUT2D eigenvalue weighted by atomic mass is 35.5. The summed E-state index contributed by atoms with van der Waals surface area (Å²) in [4.78, 5) is 16.7. The molecule has 1 N–H and O–H groups in total. The molecule has 6 nitrogen and oxygen atoms in total. The van der Waals surface area contributed by atoms with Gasteiger partial charge in [0.25, 0.3) is 5.91 Å². The summed E-state index contributed by atoms with van der Waals surface area (Å²) in [6, 6.07) is 12.4. The first kappa shape index (κ1) is 17.6. The van der Waals surface area contributed by atoms with Crippen LogP contribution >= 0.6 is 23.2 Å². The summed E-state index contributed by atoms with van der Waals surface area (Å²) in [5.74, 6) is 1.12. The molecular formula is C19H13Cl2N3O3. The van der Waals surface area contributed by atoms with E-state index in [-0.39, 0.29) is 19.1 Å². The largest absolute Gasteiger partial charge is 0.488 e. The number of halogens is 2. The Labute approximate surface area is 164 Å². The molecule has 4 rings (SSSR count). The molecule has 1 aliphatic rings. The number of aromatic nitrogens is 2. The minimum Gasteiger partial charge on any atom is -0.488 e. The maximum atomic E-state index is 12.4. The molecule has 2 aromatic carbocycles. The lowest BCUT2D eigenvalue weighted by Gasteiger charge is -2.17. The van der Waals surface area contributed by atoms with Gasteiger partial charge in [-0.25, -0.2) is 0 Å². The number of fused-ring (bicyclic) bond motifs is 1. The van der Waals surface area contributed by atoms with Crippen LogP contribution < -0.4 is 10.1 Å². The summed E-state index contributed by atoms with van der Waals surface area (Å²) in [5.41, 5.74) is 1.99. The first-order valence-electron chi connectivity index (χ1n) is 8.08. The van der Waals surface area contributed by atoms with Crippen molar-refractivity contribution in [3.05, 3.63) is 69.5 Å². The fourth-order valence-electron chi connectivity index (χ4n) is 2.62. The summed E-state index contributed by atoms with van der Waals surface area (Å²) in [5, 5.41) is 7.81. The third-order valence-electron chi connectivity index (χ3n) is 3.93. The molecule has 8 heteroatoms. The summed E-state index contributed by atoms with van der Waals surface area (Å²) >= 11 is 12.0. The number of ether oxygens (including phenoxy) is 1. The first-order valence-corrected chi connectivity index (χ1v) is 8.84. The fourth-order valence-corrected chi connectivity index (χ4v) is 2.99. The number of hydrogen-bond donors (Lipinski definition) is 1. The number of nitrogens with one attached hydrogen (secondary N) is 1. The highest BCUT2D eigenvalue weighted by Gasteiger charge is 2.18. The Morgan fingerprint density at radius 1 is 1.15 bits per heavy atom. The highest BCUT2D eigenvalue weighted by molar-refractivity contribution is 6.31. The summed E-state index contributed by atoms with van der Waals surface area (Å²) in [6.07, 6.45) is 1.76. The molecule has 136 valence electrons. The van der Waals surface area contributed by atoms with Crippen molar-refractivity contribution in [2.24, 2.45) is 0 Å². The van der Waals surface area contributed by atoms with Gasteiger partial charge in [0, 0.05) is 21.2 Å². The zero-order valence-electron chi connectivity index (χ0n) is 13.9.